The zero-order valence-corrected chi connectivity index (χ0v) is 15.1. The van der Waals surface area contributed by atoms with Crippen molar-refractivity contribution in [3.8, 4) is 5.75 Å². The van der Waals surface area contributed by atoms with Crippen LogP contribution in [-0.2, 0) is 33.3 Å². The second-order valence-electron chi connectivity index (χ2n) is 5.93. The summed E-state index contributed by atoms with van der Waals surface area (Å²) in [5.41, 5.74) is 1.05. The summed E-state index contributed by atoms with van der Waals surface area (Å²) in [6.45, 7) is 5.50. The minimum absolute atomic E-state index is 0.0776. The summed E-state index contributed by atoms with van der Waals surface area (Å²) in [5.74, 6) is -1.31. The van der Waals surface area contributed by atoms with Gasteiger partial charge in [0, 0.05) is 20.8 Å². The van der Waals surface area contributed by atoms with Gasteiger partial charge in [-0.15, -0.1) is 0 Å². The number of carbonyl (C=O) groups excluding carboxylic acids is 3. The molecule has 0 saturated carbocycles. The number of esters is 3. The average molecular weight is 366 g/mol. The maximum Gasteiger partial charge on any atom is 0.303 e. The molecular formula is C18H22O8. The van der Waals surface area contributed by atoms with Crippen LogP contribution >= 0.6 is 0 Å². The number of hydrogen-bond donors (Lipinski definition) is 0. The van der Waals surface area contributed by atoms with Crippen molar-refractivity contribution in [2.75, 3.05) is 6.61 Å². The van der Waals surface area contributed by atoms with Gasteiger partial charge in [0.1, 0.15) is 5.75 Å². The van der Waals surface area contributed by atoms with Crippen LogP contribution in [0.5, 0.6) is 5.75 Å². The van der Waals surface area contributed by atoms with Gasteiger partial charge in [-0.2, -0.15) is 0 Å². The van der Waals surface area contributed by atoms with Crippen LogP contribution in [0, 0.1) is 6.92 Å². The molecule has 2 rings (SSSR count). The molecule has 8 heteroatoms. The van der Waals surface area contributed by atoms with E-state index in [0.29, 0.717) is 5.75 Å². The first kappa shape index (κ1) is 19.7. The minimum Gasteiger partial charge on any atom is -0.461 e. The molecule has 0 N–H and O–H groups in total. The maximum absolute atomic E-state index is 11.5. The van der Waals surface area contributed by atoms with Crippen LogP contribution in [0.1, 0.15) is 26.3 Å². The Morgan fingerprint density at radius 3 is 1.96 bits per heavy atom. The Kier molecular flexibility index (Phi) is 6.57. The van der Waals surface area contributed by atoms with Gasteiger partial charge in [0.05, 0.1) is 6.61 Å². The van der Waals surface area contributed by atoms with E-state index in [1.807, 2.05) is 19.1 Å². The van der Waals surface area contributed by atoms with Crippen LogP contribution in [0.2, 0.25) is 0 Å². The number of aryl methyl sites for hydroxylation is 1. The third-order valence-corrected chi connectivity index (χ3v) is 3.58. The topological polar surface area (TPSA) is 97.4 Å². The van der Waals surface area contributed by atoms with Crippen molar-refractivity contribution in [1.82, 2.24) is 0 Å². The summed E-state index contributed by atoms with van der Waals surface area (Å²) in [6.07, 6.45) is -4.10. The van der Waals surface area contributed by atoms with Crippen molar-refractivity contribution in [2.45, 2.75) is 52.3 Å². The summed E-state index contributed by atoms with van der Waals surface area (Å²) in [5, 5.41) is 0. The Balaban J connectivity index is 2.25. The predicted molar refractivity (Wildman–Crippen MR) is 88.2 cm³/mol. The van der Waals surface area contributed by atoms with Crippen LogP contribution in [0.25, 0.3) is 0 Å². The fraction of sp³-hybridized carbons (Fsp3) is 0.500. The van der Waals surface area contributed by atoms with Gasteiger partial charge in [-0.25, -0.2) is 0 Å². The van der Waals surface area contributed by atoms with E-state index < -0.39 is 42.5 Å². The second-order valence-corrected chi connectivity index (χ2v) is 5.93. The number of ether oxygens (including phenoxy) is 5. The lowest BCUT2D eigenvalue weighted by Gasteiger charge is -2.40. The van der Waals surface area contributed by atoms with Crippen LogP contribution in [0.3, 0.4) is 0 Å². The Hall–Kier alpha value is -2.61. The molecule has 1 heterocycles. The molecule has 0 bridgehead atoms. The molecule has 1 fully saturated rings. The highest BCUT2D eigenvalue weighted by Gasteiger charge is 2.48. The Bertz CT molecular complexity index is 654. The van der Waals surface area contributed by atoms with Crippen LogP contribution in [-0.4, -0.2) is 49.1 Å². The number of benzene rings is 1. The molecular weight excluding hydrogens is 344 g/mol. The van der Waals surface area contributed by atoms with Crippen molar-refractivity contribution < 1.29 is 38.1 Å². The van der Waals surface area contributed by atoms with E-state index in [9.17, 15) is 14.4 Å². The van der Waals surface area contributed by atoms with Gasteiger partial charge in [0.15, 0.2) is 12.2 Å². The van der Waals surface area contributed by atoms with E-state index in [0.717, 1.165) is 5.56 Å². The summed E-state index contributed by atoms with van der Waals surface area (Å²) >= 11 is 0. The largest absolute Gasteiger partial charge is 0.461 e. The van der Waals surface area contributed by atoms with Gasteiger partial charge in [-0.3, -0.25) is 14.4 Å². The van der Waals surface area contributed by atoms with E-state index in [1.54, 1.807) is 12.1 Å². The maximum atomic E-state index is 11.5. The van der Waals surface area contributed by atoms with Crippen molar-refractivity contribution in [2.24, 2.45) is 0 Å². The van der Waals surface area contributed by atoms with Gasteiger partial charge in [-0.05, 0) is 19.1 Å². The molecule has 4 atom stereocenters. The first-order chi connectivity index (χ1) is 12.3. The Labute approximate surface area is 151 Å². The fourth-order valence-electron chi connectivity index (χ4n) is 2.56. The number of rotatable bonds is 5. The Morgan fingerprint density at radius 2 is 1.42 bits per heavy atom. The lowest BCUT2D eigenvalue weighted by atomic mass is 10.0. The fourth-order valence-corrected chi connectivity index (χ4v) is 2.56. The predicted octanol–water partition coefficient (Wildman–Crippen LogP) is 1.53. The standard InChI is InChI=1S/C18H22O8/c1-10-5-7-14(8-6-10)26-18-17(25-13(4)21)16(24-12(3)20)15(9-22-18)23-11(2)19/h5-8,15-18H,9H2,1-4H3/t15-,16-,17-,18+/m1/s1. The third-order valence-electron chi connectivity index (χ3n) is 3.58. The molecule has 142 valence electrons. The summed E-state index contributed by atoms with van der Waals surface area (Å²) in [4.78, 5) is 34.3. The molecule has 1 aromatic rings. The van der Waals surface area contributed by atoms with Gasteiger partial charge in [0.25, 0.3) is 0 Å². The first-order valence-electron chi connectivity index (χ1n) is 8.13. The summed E-state index contributed by atoms with van der Waals surface area (Å²) < 4.78 is 27.0. The highest BCUT2D eigenvalue weighted by atomic mass is 16.7. The molecule has 8 nitrogen and oxygen atoms in total. The van der Waals surface area contributed by atoms with Gasteiger partial charge in [-0.1, -0.05) is 17.7 Å². The highest BCUT2D eigenvalue weighted by Crippen LogP contribution is 2.27. The third kappa shape index (κ3) is 5.45. The quantitative estimate of drug-likeness (QED) is 0.572. The summed E-state index contributed by atoms with van der Waals surface area (Å²) in [7, 11) is 0. The second kappa shape index (κ2) is 8.66. The lowest BCUT2D eigenvalue weighted by Crippen LogP contribution is -2.59. The van der Waals surface area contributed by atoms with E-state index in [4.69, 9.17) is 23.7 Å². The van der Waals surface area contributed by atoms with Crippen LogP contribution < -0.4 is 4.74 Å². The molecule has 1 aliphatic heterocycles. The van der Waals surface area contributed by atoms with E-state index in [2.05, 4.69) is 0 Å². The first-order valence-corrected chi connectivity index (χ1v) is 8.13. The Morgan fingerprint density at radius 1 is 0.885 bits per heavy atom. The van der Waals surface area contributed by atoms with E-state index in [-0.39, 0.29) is 6.61 Å². The summed E-state index contributed by atoms with van der Waals surface area (Å²) in [6, 6.07) is 7.18. The van der Waals surface area contributed by atoms with Gasteiger partial charge >= 0.3 is 17.9 Å². The van der Waals surface area contributed by atoms with Gasteiger partial charge < -0.3 is 23.7 Å². The lowest BCUT2D eigenvalue weighted by molar-refractivity contribution is -0.259. The molecule has 1 saturated heterocycles. The van der Waals surface area contributed by atoms with Crippen molar-refractivity contribution in [3.05, 3.63) is 29.8 Å². The van der Waals surface area contributed by atoms with E-state index >= 15 is 0 Å². The smallest absolute Gasteiger partial charge is 0.303 e. The molecule has 0 amide bonds. The van der Waals surface area contributed by atoms with Crippen molar-refractivity contribution in [3.63, 3.8) is 0 Å². The number of hydrogen-bond acceptors (Lipinski definition) is 8. The molecule has 26 heavy (non-hydrogen) atoms. The van der Waals surface area contributed by atoms with E-state index in [1.165, 1.54) is 20.8 Å². The van der Waals surface area contributed by atoms with Crippen LogP contribution in [0.4, 0.5) is 0 Å². The zero-order valence-electron chi connectivity index (χ0n) is 15.1. The van der Waals surface area contributed by atoms with Crippen molar-refractivity contribution in [1.29, 1.82) is 0 Å². The molecule has 0 radical (unpaired) electrons. The number of carbonyl (C=O) groups is 3. The minimum atomic E-state index is -1.10. The highest BCUT2D eigenvalue weighted by molar-refractivity contribution is 5.68. The molecule has 0 spiro atoms. The van der Waals surface area contributed by atoms with Crippen molar-refractivity contribution >= 4 is 17.9 Å². The average Bonchev–Trinajstić information content (AvgIpc) is 2.53. The molecule has 0 aliphatic carbocycles. The molecule has 1 aliphatic rings. The van der Waals surface area contributed by atoms with Gasteiger partial charge in [0.2, 0.25) is 12.4 Å². The molecule has 1 aromatic carbocycles. The molecule has 0 unspecified atom stereocenters. The SMILES string of the molecule is CC(=O)O[C@H]1[C@H](Oc2ccc(C)cc2)OC[C@@H](OC(C)=O)[C@H]1OC(C)=O. The zero-order chi connectivity index (χ0) is 19.3. The van der Waals surface area contributed by atoms with Crippen LogP contribution in [0.15, 0.2) is 24.3 Å². The monoisotopic (exact) mass is 366 g/mol. The normalized spacial score (nSPS) is 25.1. The molecule has 0 aromatic heterocycles.